The molecule has 4 nitrogen and oxygen atoms in total. The van der Waals surface area contributed by atoms with Crippen LogP contribution < -0.4 is 10.6 Å². The molecule has 0 aliphatic rings. The number of amides is 1. The minimum atomic E-state index is 0.0852. The summed E-state index contributed by atoms with van der Waals surface area (Å²) in [5, 5.41) is 5.95. The fraction of sp³-hybridized carbons (Fsp3) is 0.500. The molecule has 0 unspecified atom stereocenters. The number of nitrogens with one attached hydrogen (secondary N) is 2. The highest BCUT2D eigenvalue weighted by molar-refractivity contribution is 5.76. The summed E-state index contributed by atoms with van der Waals surface area (Å²) in [6.45, 7) is 5.42. The molecular formula is C12H19N3O. The first-order valence-electron chi connectivity index (χ1n) is 5.65. The van der Waals surface area contributed by atoms with Crippen LogP contribution in [0, 0.1) is 6.92 Å². The SMILES string of the molecule is CCCNC(=O)CCNc1cc(C)ccn1. The second kappa shape index (κ2) is 6.82. The Hall–Kier alpha value is -1.58. The summed E-state index contributed by atoms with van der Waals surface area (Å²) in [6.07, 6.45) is 3.21. The van der Waals surface area contributed by atoms with Crippen LogP contribution in [0.1, 0.15) is 25.3 Å². The second-order valence-electron chi connectivity index (χ2n) is 3.75. The number of aromatic nitrogens is 1. The predicted molar refractivity (Wildman–Crippen MR) is 65.4 cm³/mol. The Balaban J connectivity index is 2.22. The lowest BCUT2D eigenvalue weighted by Crippen LogP contribution is -2.25. The average Bonchev–Trinajstić information content (AvgIpc) is 2.26. The predicted octanol–water partition coefficient (Wildman–Crippen LogP) is 1.72. The monoisotopic (exact) mass is 221 g/mol. The third-order valence-electron chi connectivity index (χ3n) is 2.15. The van der Waals surface area contributed by atoms with Crippen LogP contribution >= 0.6 is 0 Å². The molecule has 0 aliphatic heterocycles. The molecule has 2 N–H and O–H groups in total. The molecule has 0 spiro atoms. The van der Waals surface area contributed by atoms with Gasteiger partial charge in [0, 0.05) is 25.7 Å². The Morgan fingerprint density at radius 2 is 2.25 bits per heavy atom. The number of aryl methyl sites for hydroxylation is 1. The summed E-state index contributed by atoms with van der Waals surface area (Å²) in [4.78, 5) is 15.4. The first-order chi connectivity index (χ1) is 7.72. The van der Waals surface area contributed by atoms with E-state index in [9.17, 15) is 4.79 Å². The highest BCUT2D eigenvalue weighted by Crippen LogP contribution is 2.04. The summed E-state index contributed by atoms with van der Waals surface area (Å²) in [5.74, 6) is 0.908. The van der Waals surface area contributed by atoms with Crippen molar-refractivity contribution in [3.63, 3.8) is 0 Å². The summed E-state index contributed by atoms with van der Waals surface area (Å²) in [5.41, 5.74) is 1.16. The molecule has 4 heteroatoms. The first kappa shape index (κ1) is 12.5. The highest BCUT2D eigenvalue weighted by Gasteiger charge is 1.99. The Bertz CT molecular complexity index is 339. The standard InChI is InChI=1S/C12H19N3O/c1-3-6-15-12(16)5-8-14-11-9-10(2)4-7-13-11/h4,7,9H,3,5-6,8H2,1-2H3,(H,13,14)(H,15,16). The van der Waals surface area contributed by atoms with E-state index in [0.717, 1.165) is 24.3 Å². The summed E-state index contributed by atoms with van der Waals surface area (Å²) < 4.78 is 0. The lowest BCUT2D eigenvalue weighted by atomic mass is 10.3. The molecule has 0 fully saturated rings. The van der Waals surface area contributed by atoms with E-state index >= 15 is 0 Å². The number of carbonyl (C=O) groups is 1. The van der Waals surface area contributed by atoms with Gasteiger partial charge in [0.15, 0.2) is 0 Å². The average molecular weight is 221 g/mol. The quantitative estimate of drug-likeness (QED) is 0.769. The molecular weight excluding hydrogens is 202 g/mol. The van der Waals surface area contributed by atoms with Crippen LogP contribution in [-0.2, 0) is 4.79 Å². The van der Waals surface area contributed by atoms with Gasteiger partial charge < -0.3 is 10.6 Å². The van der Waals surface area contributed by atoms with Crippen molar-refractivity contribution in [2.75, 3.05) is 18.4 Å². The summed E-state index contributed by atoms with van der Waals surface area (Å²) in [6, 6.07) is 3.91. The van der Waals surface area contributed by atoms with Gasteiger partial charge in [-0.2, -0.15) is 0 Å². The van der Waals surface area contributed by atoms with Crippen molar-refractivity contribution in [3.8, 4) is 0 Å². The van der Waals surface area contributed by atoms with E-state index in [1.807, 2.05) is 26.0 Å². The van der Waals surface area contributed by atoms with Crippen LogP contribution in [0.2, 0.25) is 0 Å². The van der Waals surface area contributed by atoms with E-state index in [1.165, 1.54) is 0 Å². The molecule has 0 saturated carbocycles. The van der Waals surface area contributed by atoms with Gasteiger partial charge in [-0.1, -0.05) is 6.92 Å². The minimum Gasteiger partial charge on any atom is -0.370 e. The Kier molecular flexibility index (Phi) is 5.32. The fourth-order valence-electron chi connectivity index (χ4n) is 1.29. The molecule has 0 saturated heterocycles. The molecule has 88 valence electrons. The van der Waals surface area contributed by atoms with Crippen LogP contribution in [0.4, 0.5) is 5.82 Å². The zero-order valence-corrected chi connectivity index (χ0v) is 9.92. The minimum absolute atomic E-state index is 0.0852. The fourth-order valence-corrected chi connectivity index (χ4v) is 1.29. The highest BCUT2D eigenvalue weighted by atomic mass is 16.1. The number of pyridine rings is 1. The normalized spacial score (nSPS) is 9.88. The van der Waals surface area contributed by atoms with E-state index in [0.29, 0.717) is 13.0 Å². The van der Waals surface area contributed by atoms with E-state index < -0.39 is 0 Å². The first-order valence-corrected chi connectivity index (χ1v) is 5.65. The molecule has 1 heterocycles. The van der Waals surface area contributed by atoms with Gasteiger partial charge in [-0.3, -0.25) is 4.79 Å². The maximum Gasteiger partial charge on any atom is 0.221 e. The molecule has 16 heavy (non-hydrogen) atoms. The smallest absolute Gasteiger partial charge is 0.221 e. The lowest BCUT2D eigenvalue weighted by molar-refractivity contribution is -0.120. The Morgan fingerprint density at radius 1 is 1.44 bits per heavy atom. The molecule has 0 bridgehead atoms. The van der Waals surface area contributed by atoms with Crippen molar-refractivity contribution in [1.82, 2.24) is 10.3 Å². The van der Waals surface area contributed by atoms with Gasteiger partial charge in [0.05, 0.1) is 0 Å². The third-order valence-corrected chi connectivity index (χ3v) is 2.15. The van der Waals surface area contributed by atoms with Crippen LogP contribution in [0.3, 0.4) is 0 Å². The van der Waals surface area contributed by atoms with Gasteiger partial charge in [0.2, 0.25) is 5.91 Å². The number of rotatable bonds is 6. The largest absolute Gasteiger partial charge is 0.370 e. The van der Waals surface area contributed by atoms with E-state index in [4.69, 9.17) is 0 Å². The van der Waals surface area contributed by atoms with Crippen molar-refractivity contribution in [1.29, 1.82) is 0 Å². The van der Waals surface area contributed by atoms with Gasteiger partial charge in [0.25, 0.3) is 0 Å². The van der Waals surface area contributed by atoms with Gasteiger partial charge in [-0.25, -0.2) is 4.98 Å². The van der Waals surface area contributed by atoms with E-state index in [1.54, 1.807) is 6.20 Å². The zero-order valence-electron chi connectivity index (χ0n) is 9.92. The van der Waals surface area contributed by atoms with Crippen LogP contribution in [-0.4, -0.2) is 24.0 Å². The van der Waals surface area contributed by atoms with E-state index in [2.05, 4.69) is 15.6 Å². The number of hydrogen-bond donors (Lipinski definition) is 2. The lowest BCUT2D eigenvalue weighted by Gasteiger charge is -2.06. The van der Waals surface area contributed by atoms with Gasteiger partial charge in [0.1, 0.15) is 5.82 Å². The maximum absolute atomic E-state index is 11.3. The van der Waals surface area contributed by atoms with Crippen molar-refractivity contribution in [2.24, 2.45) is 0 Å². The van der Waals surface area contributed by atoms with Crippen LogP contribution in [0.5, 0.6) is 0 Å². The topological polar surface area (TPSA) is 54.0 Å². The second-order valence-corrected chi connectivity index (χ2v) is 3.75. The van der Waals surface area contributed by atoms with Crippen LogP contribution in [0.15, 0.2) is 18.3 Å². The molecule has 0 aliphatic carbocycles. The molecule has 1 aromatic rings. The van der Waals surface area contributed by atoms with Crippen molar-refractivity contribution < 1.29 is 4.79 Å². The molecule has 0 aromatic carbocycles. The zero-order chi connectivity index (χ0) is 11.8. The van der Waals surface area contributed by atoms with Crippen LogP contribution in [0.25, 0.3) is 0 Å². The van der Waals surface area contributed by atoms with Gasteiger partial charge in [-0.05, 0) is 31.0 Å². The third kappa shape index (κ3) is 4.77. The Morgan fingerprint density at radius 3 is 2.94 bits per heavy atom. The molecule has 1 amide bonds. The Labute approximate surface area is 96.5 Å². The number of carbonyl (C=O) groups excluding carboxylic acids is 1. The van der Waals surface area contributed by atoms with Gasteiger partial charge >= 0.3 is 0 Å². The number of nitrogens with zero attached hydrogens (tertiary/aromatic N) is 1. The van der Waals surface area contributed by atoms with Crippen molar-refractivity contribution >= 4 is 11.7 Å². The summed E-state index contributed by atoms with van der Waals surface area (Å²) in [7, 11) is 0. The van der Waals surface area contributed by atoms with E-state index in [-0.39, 0.29) is 5.91 Å². The van der Waals surface area contributed by atoms with Crippen molar-refractivity contribution in [3.05, 3.63) is 23.9 Å². The maximum atomic E-state index is 11.3. The molecule has 1 aromatic heterocycles. The van der Waals surface area contributed by atoms with Crippen molar-refractivity contribution in [2.45, 2.75) is 26.7 Å². The molecule has 0 radical (unpaired) electrons. The summed E-state index contributed by atoms with van der Waals surface area (Å²) >= 11 is 0. The number of hydrogen-bond acceptors (Lipinski definition) is 3. The van der Waals surface area contributed by atoms with Gasteiger partial charge in [-0.15, -0.1) is 0 Å². The molecule has 0 atom stereocenters. The number of anilines is 1. The molecule has 1 rings (SSSR count).